The summed E-state index contributed by atoms with van der Waals surface area (Å²) >= 11 is 0. The summed E-state index contributed by atoms with van der Waals surface area (Å²) in [6, 6.07) is 16.6. The lowest BCUT2D eigenvalue weighted by atomic mass is 9.68. The van der Waals surface area contributed by atoms with E-state index in [0.717, 1.165) is 0 Å². The van der Waals surface area contributed by atoms with Crippen LogP contribution in [0.5, 0.6) is 5.75 Å². The van der Waals surface area contributed by atoms with Crippen LogP contribution in [0.3, 0.4) is 0 Å². The topological polar surface area (TPSA) is 65.0 Å². The summed E-state index contributed by atoms with van der Waals surface area (Å²) in [6.07, 6.45) is 0. The van der Waals surface area contributed by atoms with Gasteiger partial charge in [-0.15, -0.1) is 0 Å². The minimum Gasteiger partial charge on any atom is -0.496 e. The van der Waals surface area contributed by atoms with Gasteiger partial charge in [0, 0.05) is 11.1 Å². The molecule has 29 heavy (non-hydrogen) atoms. The lowest BCUT2D eigenvalue weighted by Crippen LogP contribution is -2.47. The van der Waals surface area contributed by atoms with Crippen LogP contribution in [0.15, 0.2) is 71.7 Å². The lowest BCUT2D eigenvalue weighted by molar-refractivity contribution is -0.141. The highest BCUT2D eigenvalue weighted by Gasteiger charge is 2.56. The van der Waals surface area contributed by atoms with E-state index in [-0.39, 0.29) is 17.6 Å². The molecule has 0 bridgehead atoms. The Bertz CT molecular complexity index is 977. The van der Waals surface area contributed by atoms with Gasteiger partial charge in [0.15, 0.2) is 11.3 Å². The van der Waals surface area contributed by atoms with Gasteiger partial charge in [0.05, 0.1) is 13.0 Å². The zero-order chi connectivity index (χ0) is 21.2. The predicted octanol–water partition coefficient (Wildman–Crippen LogP) is 4.32. The Morgan fingerprint density at radius 1 is 1.10 bits per heavy atom. The van der Waals surface area contributed by atoms with Crippen molar-refractivity contribution in [2.45, 2.75) is 32.2 Å². The average Bonchev–Trinajstić information content (AvgIpc) is 3.07. The molecule has 0 spiro atoms. The first kappa shape index (κ1) is 20.5. The number of methoxy groups -OCH3 is 1. The number of hydrogen-bond acceptors (Lipinski definition) is 5. The van der Waals surface area contributed by atoms with Crippen LogP contribution in [0.25, 0.3) is 0 Å². The molecular weight excluding hydrogens is 366 g/mol. The van der Waals surface area contributed by atoms with Crippen LogP contribution in [0.4, 0.5) is 0 Å². The molecule has 0 aliphatic carbocycles. The van der Waals surface area contributed by atoms with E-state index in [4.69, 9.17) is 14.5 Å². The van der Waals surface area contributed by atoms with E-state index < -0.39 is 17.4 Å². The molecule has 5 heteroatoms. The van der Waals surface area contributed by atoms with E-state index in [0.29, 0.717) is 22.4 Å². The van der Waals surface area contributed by atoms with E-state index >= 15 is 0 Å². The summed E-state index contributed by atoms with van der Waals surface area (Å²) in [5.41, 5.74) is 0.343. The van der Waals surface area contributed by atoms with Gasteiger partial charge in [0.1, 0.15) is 5.75 Å². The number of hydrogen-bond donors (Lipinski definition) is 0. The summed E-state index contributed by atoms with van der Waals surface area (Å²) in [4.78, 5) is 30.5. The van der Waals surface area contributed by atoms with Crippen LogP contribution >= 0.6 is 0 Å². The summed E-state index contributed by atoms with van der Waals surface area (Å²) in [6.45, 7) is 9.27. The molecule has 1 heterocycles. The van der Waals surface area contributed by atoms with Crippen molar-refractivity contribution in [1.29, 1.82) is 0 Å². The molecule has 0 amide bonds. The number of nitrogens with zero attached hydrogens (tertiary/aromatic N) is 1. The van der Waals surface area contributed by atoms with Crippen LogP contribution in [0.2, 0.25) is 0 Å². The van der Waals surface area contributed by atoms with Gasteiger partial charge in [-0.25, -0.2) is 9.79 Å². The van der Waals surface area contributed by atoms with Crippen LogP contribution in [0, 0.1) is 5.92 Å². The monoisotopic (exact) mass is 391 g/mol. The van der Waals surface area contributed by atoms with Crippen molar-refractivity contribution in [3.8, 4) is 5.75 Å². The third-order valence-electron chi connectivity index (χ3n) is 5.39. The molecule has 1 aliphatic heterocycles. The Labute approximate surface area is 171 Å². The molecule has 0 radical (unpaired) electrons. The van der Waals surface area contributed by atoms with Crippen molar-refractivity contribution in [2.24, 2.45) is 10.9 Å². The minimum atomic E-state index is -1.33. The Kier molecular flexibility index (Phi) is 5.69. The third-order valence-corrected chi connectivity index (χ3v) is 5.39. The molecule has 2 aromatic rings. The Hall–Kier alpha value is -3.21. The first-order chi connectivity index (χ1) is 13.8. The number of carbonyl (C=O) groups is 2. The molecule has 0 saturated heterocycles. The van der Waals surface area contributed by atoms with Gasteiger partial charge in [-0.1, -0.05) is 56.8 Å². The van der Waals surface area contributed by atoms with E-state index in [1.807, 2.05) is 62.4 Å². The lowest BCUT2D eigenvalue weighted by Gasteiger charge is -2.36. The molecular formula is C24H25NO4. The normalized spacial score (nSPS) is 19.5. The number of ether oxygens (including phenoxy) is 2. The maximum atomic E-state index is 13.3. The highest BCUT2D eigenvalue weighted by molar-refractivity contribution is 6.09. The molecule has 0 fully saturated rings. The van der Waals surface area contributed by atoms with Gasteiger partial charge in [-0.05, 0) is 36.6 Å². The number of carbonyl (C=O) groups excluding carboxylic acids is 2. The van der Waals surface area contributed by atoms with Crippen molar-refractivity contribution in [3.63, 3.8) is 0 Å². The largest absolute Gasteiger partial charge is 0.496 e. The molecule has 0 N–H and O–H groups in total. The standard InChI is InChI=1S/C24H25NO4/c1-15(2)24(23(27)29-22(25-24)18-11-7-6-8-12-18)21(16(3)17(4)26)19-13-9-10-14-20(19)28-5/h6-15,21H,3H2,1-2,4-5H3/t21-,24-/m0/s1. The van der Waals surface area contributed by atoms with E-state index in [1.54, 1.807) is 13.2 Å². The number of esters is 1. The van der Waals surface area contributed by atoms with Crippen LogP contribution in [-0.2, 0) is 14.3 Å². The van der Waals surface area contributed by atoms with Gasteiger partial charge in [-0.3, -0.25) is 4.79 Å². The van der Waals surface area contributed by atoms with Crippen LogP contribution < -0.4 is 4.74 Å². The van der Waals surface area contributed by atoms with Gasteiger partial charge < -0.3 is 9.47 Å². The zero-order valence-electron chi connectivity index (χ0n) is 17.1. The molecule has 5 nitrogen and oxygen atoms in total. The number of ketones is 1. The maximum absolute atomic E-state index is 13.3. The molecule has 2 aromatic carbocycles. The van der Waals surface area contributed by atoms with E-state index in [2.05, 4.69) is 6.58 Å². The first-order valence-corrected chi connectivity index (χ1v) is 9.53. The van der Waals surface area contributed by atoms with Crippen LogP contribution in [-0.4, -0.2) is 30.3 Å². The minimum absolute atomic E-state index is 0.211. The third kappa shape index (κ3) is 3.48. The molecule has 150 valence electrons. The van der Waals surface area contributed by atoms with Crippen molar-refractivity contribution < 1.29 is 19.1 Å². The fourth-order valence-electron chi connectivity index (χ4n) is 3.79. The van der Waals surface area contributed by atoms with E-state index in [1.165, 1.54) is 6.92 Å². The summed E-state index contributed by atoms with van der Waals surface area (Å²) in [7, 11) is 1.56. The average molecular weight is 391 g/mol. The summed E-state index contributed by atoms with van der Waals surface area (Å²) in [5.74, 6) is -0.870. The number of aliphatic imine (C=N–C) groups is 1. The number of cyclic esters (lactones) is 1. The highest BCUT2D eigenvalue weighted by atomic mass is 16.6. The molecule has 2 atom stereocenters. The Balaban J connectivity index is 2.27. The Morgan fingerprint density at radius 2 is 1.72 bits per heavy atom. The van der Waals surface area contributed by atoms with E-state index in [9.17, 15) is 9.59 Å². The van der Waals surface area contributed by atoms with Crippen molar-refractivity contribution >= 4 is 17.7 Å². The highest BCUT2D eigenvalue weighted by Crippen LogP contribution is 2.48. The second kappa shape index (κ2) is 8.03. The van der Waals surface area contributed by atoms with Crippen molar-refractivity contribution in [2.75, 3.05) is 7.11 Å². The van der Waals surface area contributed by atoms with Gasteiger partial charge in [0.2, 0.25) is 5.90 Å². The predicted molar refractivity (Wildman–Crippen MR) is 112 cm³/mol. The number of benzene rings is 2. The number of rotatable bonds is 7. The quantitative estimate of drug-likeness (QED) is 0.521. The molecule has 3 rings (SSSR count). The number of Topliss-reactive ketones (excluding diaryl/α,β-unsaturated/α-hetero) is 1. The Morgan fingerprint density at radius 3 is 2.31 bits per heavy atom. The molecule has 1 aliphatic rings. The number of para-hydroxylation sites is 1. The first-order valence-electron chi connectivity index (χ1n) is 9.53. The molecule has 0 saturated carbocycles. The summed E-state index contributed by atoms with van der Waals surface area (Å²) < 4.78 is 11.2. The van der Waals surface area contributed by atoms with Gasteiger partial charge in [-0.2, -0.15) is 0 Å². The molecule has 0 unspecified atom stereocenters. The van der Waals surface area contributed by atoms with Crippen LogP contribution in [0.1, 0.15) is 37.8 Å². The SMILES string of the molecule is C=C(C(C)=O)[C@@H](c1ccccc1OC)[C@]1(C(C)C)N=C(c2ccccc2)OC1=O. The molecule has 0 aromatic heterocycles. The smallest absolute Gasteiger partial charge is 0.342 e. The fraction of sp³-hybridized carbons (Fsp3) is 0.292. The van der Waals surface area contributed by atoms with Gasteiger partial charge in [0.25, 0.3) is 0 Å². The fourth-order valence-corrected chi connectivity index (χ4v) is 3.79. The summed E-state index contributed by atoms with van der Waals surface area (Å²) in [5, 5.41) is 0. The maximum Gasteiger partial charge on any atom is 0.342 e. The second-order valence-corrected chi connectivity index (χ2v) is 7.41. The van der Waals surface area contributed by atoms with Gasteiger partial charge >= 0.3 is 5.97 Å². The van der Waals surface area contributed by atoms with Crippen molar-refractivity contribution in [3.05, 3.63) is 77.9 Å². The zero-order valence-corrected chi connectivity index (χ0v) is 17.1. The second-order valence-electron chi connectivity index (χ2n) is 7.41. The van der Waals surface area contributed by atoms with Crippen molar-refractivity contribution in [1.82, 2.24) is 0 Å².